The maximum Gasteiger partial charge on any atom is 0.331 e. The topological polar surface area (TPSA) is 52.6 Å². The molecule has 0 bridgehead atoms. The first-order chi connectivity index (χ1) is 22.8. The quantitative estimate of drug-likeness (QED) is 0.0433. The Bertz CT molecular complexity index is 824. The summed E-state index contributed by atoms with van der Waals surface area (Å²) in [5, 5.41) is 0. The van der Waals surface area contributed by atoms with Gasteiger partial charge in [-0.1, -0.05) is 156 Å². The summed E-state index contributed by atoms with van der Waals surface area (Å²) >= 11 is 0. The second kappa shape index (κ2) is 30.0. The van der Waals surface area contributed by atoms with Crippen LogP contribution in [0.15, 0.2) is 35.5 Å². The van der Waals surface area contributed by atoms with Crippen molar-refractivity contribution in [2.24, 2.45) is 35.5 Å². The third-order valence-corrected chi connectivity index (χ3v) is 9.95. The van der Waals surface area contributed by atoms with Gasteiger partial charge < -0.3 is 9.47 Å². The number of ether oxygens (including phenoxy) is 2. The number of rotatable bonds is 30. The number of carbonyl (C=O) groups is 2. The van der Waals surface area contributed by atoms with Crippen molar-refractivity contribution in [2.75, 3.05) is 13.2 Å². The lowest BCUT2D eigenvalue weighted by Crippen LogP contribution is -2.05. The van der Waals surface area contributed by atoms with Gasteiger partial charge in [0.15, 0.2) is 0 Å². The molecule has 0 aromatic rings. The summed E-state index contributed by atoms with van der Waals surface area (Å²) in [4.78, 5) is 24.1. The highest BCUT2D eigenvalue weighted by Gasteiger charge is 2.09. The molecule has 0 N–H and O–H groups in total. The van der Waals surface area contributed by atoms with Crippen LogP contribution in [-0.4, -0.2) is 25.2 Å². The predicted octanol–water partition coefficient (Wildman–Crippen LogP) is 13.4. The summed E-state index contributed by atoms with van der Waals surface area (Å²) < 4.78 is 10.5. The maximum atomic E-state index is 12.0. The SMILES string of the molecule is C/C(=C\COC(=O)/C=C/C(=O)OC/C=C(\C)CCC[C@H](C)CCC[C@H](C)CCCC(C)C)CCC[C@H](C)CCC[C@H](C)CCCC(C)C. The van der Waals surface area contributed by atoms with Gasteiger partial charge in [-0.25, -0.2) is 9.59 Å². The molecule has 0 unspecified atom stereocenters. The lowest BCUT2D eigenvalue weighted by molar-refractivity contribution is -0.139. The van der Waals surface area contributed by atoms with Crippen LogP contribution < -0.4 is 0 Å². The van der Waals surface area contributed by atoms with Gasteiger partial charge in [0.1, 0.15) is 13.2 Å². The van der Waals surface area contributed by atoms with Crippen LogP contribution >= 0.6 is 0 Å². The lowest BCUT2D eigenvalue weighted by atomic mass is 9.91. The van der Waals surface area contributed by atoms with Gasteiger partial charge in [0.25, 0.3) is 0 Å². The summed E-state index contributed by atoms with van der Waals surface area (Å²) in [6, 6.07) is 0. The third kappa shape index (κ3) is 31.4. The van der Waals surface area contributed by atoms with Gasteiger partial charge in [-0.05, 0) is 87.2 Å². The fraction of sp³-hybridized carbons (Fsp3) is 0.818. The van der Waals surface area contributed by atoms with E-state index in [2.05, 4.69) is 69.2 Å². The Morgan fingerprint density at radius 1 is 0.438 bits per heavy atom. The first kappa shape index (κ1) is 46.2. The van der Waals surface area contributed by atoms with Gasteiger partial charge in [0.05, 0.1) is 0 Å². The van der Waals surface area contributed by atoms with Gasteiger partial charge in [0.2, 0.25) is 0 Å². The van der Waals surface area contributed by atoms with E-state index >= 15 is 0 Å². The van der Waals surface area contributed by atoms with Crippen molar-refractivity contribution >= 4 is 11.9 Å². The van der Waals surface area contributed by atoms with E-state index in [0.29, 0.717) is 0 Å². The molecule has 0 saturated heterocycles. The molecule has 0 heterocycles. The molecule has 0 aromatic heterocycles. The molecular formula is C44H80O4. The second-order valence-corrected chi connectivity index (χ2v) is 16.4. The first-order valence-corrected chi connectivity index (χ1v) is 20.1. The summed E-state index contributed by atoms with van der Waals surface area (Å²) in [5.41, 5.74) is 2.48. The zero-order valence-electron chi connectivity index (χ0n) is 33.5. The molecule has 280 valence electrons. The van der Waals surface area contributed by atoms with Crippen LogP contribution in [0, 0.1) is 35.5 Å². The van der Waals surface area contributed by atoms with E-state index in [4.69, 9.17) is 9.47 Å². The van der Waals surface area contributed by atoms with Gasteiger partial charge in [-0.2, -0.15) is 0 Å². The highest BCUT2D eigenvalue weighted by molar-refractivity contribution is 5.91. The number of carbonyl (C=O) groups excluding carboxylic acids is 2. The molecule has 0 radical (unpaired) electrons. The standard InChI is InChI=1S/C44H80O4/c1-35(2)17-11-19-37(5)21-13-23-39(7)25-15-27-41(9)31-33-47-43(45)29-30-44(46)48-34-32-42(10)28-16-26-40(8)24-14-22-38(6)20-12-18-36(3)4/h29-32,35-40H,11-28,33-34H2,1-10H3/b30-29+,41-31+,42-32+/t37-,38-,39-,40-/m1/s1. The zero-order chi connectivity index (χ0) is 36.2. The number of hydrogen-bond donors (Lipinski definition) is 0. The van der Waals surface area contributed by atoms with Crippen molar-refractivity contribution in [2.45, 2.75) is 185 Å². The normalized spacial score (nSPS) is 15.2. The highest BCUT2D eigenvalue weighted by atomic mass is 16.5. The van der Waals surface area contributed by atoms with Crippen LogP contribution in [-0.2, 0) is 19.1 Å². The first-order valence-electron chi connectivity index (χ1n) is 20.1. The summed E-state index contributed by atoms with van der Waals surface area (Å²) in [5.74, 6) is 3.82. The molecule has 0 rings (SSSR count). The van der Waals surface area contributed by atoms with Crippen LogP contribution in [0.2, 0.25) is 0 Å². The van der Waals surface area contributed by atoms with E-state index in [9.17, 15) is 9.59 Å². The minimum atomic E-state index is -0.524. The fourth-order valence-electron chi connectivity index (χ4n) is 6.38. The Kier molecular flexibility index (Phi) is 28.9. The number of hydrogen-bond acceptors (Lipinski definition) is 4. The van der Waals surface area contributed by atoms with E-state index in [1.54, 1.807) is 0 Å². The molecule has 0 spiro atoms. The molecule has 0 fully saturated rings. The smallest absolute Gasteiger partial charge is 0.331 e. The van der Waals surface area contributed by atoms with Crippen molar-refractivity contribution < 1.29 is 19.1 Å². The molecule has 0 aliphatic carbocycles. The van der Waals surface area contributed by atoms with Crippen molar-refractivity contribution in [3.8, 4) is 0 Å². The average molecular weight is 673 g/mol. The van der Waals surface area contributed by atoms with E-state index in [1.165, 1.54) is 114 Å². The summed E-state index contributed by atoms with van der Waals surface area (Å²) in [6.07, 6.45) is 29.3. The second-order valence-electron chi connectivity index (χ2n) is 16.4. The Hall–Kier alpha value is -1.84. The maximum absolute atomic E-state index is 12.0. The molecule has 0 amide bonds. The third-order valence-electron chi connectivity index (χ3n) is 9.95. The fourth-order valence-corrected chi connectivity index (χ4v) is 6.38. The van der Waals surface area contributed by atoms with Crippen LogP contribution in [0.5, 0.6) is 0 Å². The minimum absolute atomic E-state index is 0.229. The average Bonchev–Trinajstić information content (AvgIpc) is 2.99. The molecule has 4 heteroatoms. The minimum Gasteiger partial charge on any atom is -0.458 e. The monoisotopic (exact) mass is 673 g/mol. The summed E-state index contributed by atoms with van der Waals surface area (Å²) in [7, 11) is 0. The Labute approximate surface area is 299 Å². The number of esters is 2. The van der Waals surface area contributed by atoms with Gasteiger partial charge in [0, 0.05) is 12.2 Å². The van der Waals surface area contributed by atoms with E-state index in [1.807, 2.05) is 12.2 Å². The van der Waals surface area contributed by atoms with Gasteiger partial charge >= 0.3 is 11.9 Å². The van der Waals surface area contributed by atoms with E-state index < -0.39 is 11.9 Å². The van der Waals surface area contributed by atoms with Crippen LogP contribution in [0.3, 0.4) is 0 Å². The van der Waals surface area contributed by atoms with Gasteiger partial charge in [-0.15, -0.1) is 0 Å². The van der Waals surface area contributed by atoms with Gasteiger partial charge in [-0.3, -0.25) is 0 Å². The van der Waals surface area contributed by atoms with Crippen molar-refractivity contribution in [1.29, 1.82) is 0 Å². The lowest BCUT2D eigenvalue weighted by Gasteiger charge is -2.15. The largest absolute Gasteiger partial charge is 0.458 e. The van der Waals surface area contributed by atoms with Crippen molar-refractivity contribution in [3.63, 3.8) is 0 Å². The Morgan fingerprint density at radius 2 is 0.708 bits per heavy atom. The zero-order valence-corrected chi connectivity index (χ0v) is 33.5. The van der Waals surface area contributed by atoms with E-state index in [-0.39, 0.29) is 13.2 Å². The molecule has 48 heavy (non-hydrogen) atoms. The molecule has 0 saturated carbocycles. The van der Waals surface area contributed by atoms with Crippen molar-refractivity contribution in [1.82, 2.24) is 0 Å². The van der Waals surface area contributed by atoms with Crippen molar-refractivity contribution in [3.05, 3.63) is 35.5 Å². The summed E-state index contributed by atoms with van der Waals surface area (Å²) in [6.45, 7) is 23.5. The van der Waals surface area contributed by atoms with Crippen LogP contribution in [0.25, 0.3) is 0 Å². The number of allylic oxidation sites excluding steroid dienone is 2. The molecule has 0 aromatic carbocycles. The molecule has 0 aliphatic rings. The van der Waals surface area contributed by atoms with Crippen LogP contribution in [0.1, 0.15) is 185 Å². The molecular weight excluding hydrogens is 592 g/mol. The molecule has 4 nitrogen and oxygen atoms in total. The molecule has 0 aliphatic heterocycles. The van der Waals surface area contributed by atoms with E-state index in [0.717, 1.165) is 60.5 Å². The van der Waals surface area contributed by atoms with Crippen LogP contribution in [0.4, 0.5) is 0 Å². The Balaban J connectivity index is 3.98. The highest BCUT2D eigenvalue weighted by Crippen LogP contribution is 2.23. The molecule has 4 atom stereocenters. The Morgan fingerprint density at radius 3 is 1.00 bits per heavy atom. The predicted molar refractivity (Wildman–Crippen MR) is 208 cm³/mol.